The summed E-state index contributed by atoms with van der Waals surface area (Å²) in [6, 6.07) is 0. The Morgan fingerprint density at radius 2 is 1.93 bits per heavy atom. The number of rotatable bonds is 7. The normalized spacial score (nSPS) is 20.4. The zero-order valence-corrected chi connectivity index (χ0v) is 10.7. The van der Waals surface area contributed by atoms with E-state index in [1.807, 2.05) is 11.8 Å². The highest BCUT2D eigenvalue weighted by Crippen LogP contribution is 2.27. The van der Waals surface area contributed by atoms with E-state index in [2.05, 4.69) is 11.6 Å². The molecule has 2 N–H and O–H groups in total. The Morgan fingerprint density at radius 3 is 2.60 bits per heavy atom. The van der Waals surface area contributed by atoms with Crippen molar-refractivity contribution in [1.82, 2.24) is 5.32 Å². The first-order valence-electron chi connectivity index (χ1n) is 6.19. The molecule has 0 aromatic carbocycles. The topological polar surface area (TPSA) is 32.3 Å². The maximum Gasteiger partial charge on any atom is 0.0771 e. The van der Waals surface area contributed by atoms with Crippen molar-refractivity contribution in [2.75, 3.05) is 25.1 Å². The second kappa shape index (κ2) is 7.53. The molecule has 0 radical (unpaired) electrons. The van der Waals surface area contributed by atoms with Crippen molar-refractivity contribution in [3.8, 4) is 0 Å². The third-order valence-electron chi connectivity index (χ3n) is 3.19. The fourth-order valence-corrected chi connectivity index (χ4v) is 2.70. The van der Waals surface area contributed by atoms with E-state index >= 15 is 0 Å². The monoisotopic (exact) mass is 231 g/mol. The average molecular weight is 231 g/mol. The smallest absolute Gasteiger partial charge is 0.0771 e. The molecule has 1 aliphatic rings. The predicted molar refractivity (Wildman–Crippen MR) is 68.5 cm³/mol. The van der Waals surface area contributed by atoms with Gasteiger partial charge in [0, 0.05) is 6.54 Å². The average Bonchev–Trinajstić information content (AvgIpc) is 2.24. The summed E-state index contributed by atoms with van der Waals surface area (Å²) in [6.07, 6.45) is 10.3. The minimum absolute atomic E-state index is 0.391. The molecule has 0 unspecified atom stereocenters. The SMILES string of the molecule is CSCCCCNCC1(O)CCCCC1. The molecule has 3 heteroatoms. The van der Waals surface area contributed by atoms with Crippen LogP contribution in [0.25, 0.3) is 0 Å². The third kappa shape index (κ3) is 5.79. The molecule has 0 spiro atoms. The fourth-order valence-electron chi connectivity index (χ4n) is 2.20. The van der Waals surface area contributed by atoms with Gasteiger partial charge in [0.15, 0.2) is 0 Å². The highest BCUT2D eigenvalue weighted by Gasteiger charge is 2.28. The maximum absolute atomic E-state index is 10.2. The second-order valence-electron chi connectivity index (χ2n) is 4.66. The zero-order chi connectivity index (χ0) is 11.0. The summed E-state index contributed by atoms with van der Waals surface area (Å²) in [5.74, 6) is 1.26. The van der Waals surface area contributed by atoms with Crippen LogP contribution in [0.3, 0.4) is 0 Å². The van der Waals surface area contributed by atoms with Gasteiger partial charge in [-0.2, -0.15) is 11.8 Å². The van der Waals surface area contributed by atoms with Crippen molar-refractivity contribution < 1.29 is 5.11 Å². The molecule has 0 atom stereocenters. The highest BCUT2D eigenvalue weighted by molar-refractivity contribution is 7.98. The molecule has 0 saturated heterocycles. The van der Waals surface area contributed by atoms with Gasteiger partial charge in [-0.25, -0.2) is 0 Å². The lowest BCUT2D eigenvalue weighted by molar-refractivity contribution is 0.00506. The number of hydrogen-bond donors (Lipinski definition) is 2. The van der Waals surface area contributed by atoms with Crippen LogP contribution in [0.5, 0.6) is 0 Å². The van der Waals surface area contributed by atoms with E-state index in [1.54, 1.807) is 0 Å². The first kappa shape index (κ1) is 13.3. The molecular weight excluding hydrogens is 206 g/mol. The van der Waals surface area contributed by atoms with E-state index in [0.29, 0.717) is 0 Å². The molecule has 1 fully saturated rings. The molecule has 90 valence electrons. The lowest BCUT2D eigenvalue weighted by atomic mass is 9.85. The second-order valence-corrected chi connectivity index (χ2v) is 5.65. The van der Waals surface area contributed by atoms with Crippen LogP contribution in [0.1, 0.15) is 44.9 Å². The number of thioether (sulfide) groups is 1. The predicted octanol–water partition coefficient (Wildman–Crippen LogP) is 2.41. The van der Waals surface area contributed by atoms with E-state index in [4.69, 9.17) is 0 Å². The molecule has 0 bridgehead atoms. The molecule has 1 saturated carbocycles. The minimum atomic E-state index is -0.391. The van der Waals surface area contributed by atoms with Crippen molar-refractivity contribution in [3.63, 3.8) is 0 Å². The first-order chi connectivity index (χ1) is 7.27. The van der Waals surface area contributed by atoms with Gasteiger partial charge < -0.3 is 10.4 Å². The molecule has 2 nitrogen and oxygen atoms in total. The molecule has 0 amide bonds. The lowest BCUT2D eigenvalue weighted by Gasteiger charge is -2.32. The summed E-state index contributed by atoms with van der Waals surface area (Å²) in [6.45, 7) is 1.86. The molecule has 0 aliphatic heterocycles. The van der Waals surface area contributed by atoms with Gasteiger partial charge in [-0.15, -0.1) is 0 Å². The van der Waals surface area contributed by atoms with Gasteiger partial charge >= 0.3 is 0 Å². The van der Waals surface area contributed by atoms with Crippen LogP contribution in [0, 0.1) is 0 Å². The van der Waals surface area contributed by atoms with Gasteiger partial charge in [0.2, 0.25) is 0 Å². The van der Waals surface area contributed by atoms with Crippen molar-refractivity contribution in [2.24, 2.45) is 0 Å². The summed E-state index contributed by atoms with van der Waals surface area (Å²) < 4.78 is 0. The Hall–Kier alpha value is 0.270. The lowest BCUT2D eigenvalue weighted by Crippen LogP contribution is -2.42. The van der Waals surface area contributed by atoms with Crippen LogP contribution in [-0.2, 0) is 0 Å². The zero-order valence-electron chi connectivity index (χ0n) is 9.93. The van der Waals surface area contributed by atoms with Gasteiger partial charge in [0.1, 0.15) is 0 Å². The maximum atomic E-state index is 10.2. The minimum Gasteiger partial charge on any atom is -0.389 e. The van der Waals surface area contributed by atoms with Gasteiger partial charge in [0.05, 0.1) is 5.60 Å². The number of unbranched alkanes of at least 4 members (excludes halogenated alkanes) is 1. The highest BCUT2D eigenvalue weighted by atomic mass is 32.2. The molecule has 0 aromatic rings. The van der Waals surface area contributed by atoms with E-state index < -0.39 is 5.60 Å². The molecule has 0 heterocycles. The Balaban J connectivity index is 1.98. The van der Waals surface area contributed by atoms with Gasteiger partial charge in [-0.05, 0) is 44.2 Å². The van der Waals surface area contributed by atoms with Gasteiger partial charge in [0.25, 0.3) is 0 Å². The van der Waals surface area contributed by atoms with Crippen LogP contribution < -0.4 is 5.32 Å². The molecular formula is C12H25NOS. The largest absolute Gasteiger partial charge is 0.389 e. The van der Waals surface area contributed by atoms with Crippen LogP contribution in [0.15, 0.2) is 0 Å². The van der Waals surface area contributed by atoms with Crippen LogP contribution >= 0.6 is 11.8 Å². The number of nitrogens with one attached hydrogen (secondary N) is 1. The Labute approximate surface area is 98.2 Å². The summed E-state index contributed by atoms with van der Waals surface area (Å²) in [4.78, 5) is 0. The summed E-state index contributed by atoms with van der Waals surface area (Å²) in [7, 11) is 0. The van der Waals surface area contributed by atoms with E-state index in [0.717, 1.165) is 25.9 Å². The van der Waals surface area contributed by atoms with E-state index in [9.17, 15) is 5.11 Å². The third-order valence-corrected chi connectivity index (χ3v) is 3.89. The van der Waals surface area contributed by atoms with Crippen molar-refractivity contribution in [1.29, 1.82) is 0 Å². The fraction of sp³-hybridized carbons (Fsp3) is 1.00. The summed E-state index contributed by atoms with van der Waals surface area (Å²) >= 11 is 1.91. The quantitative estimate of drug-likeness (QED) is 0.660. The van der Waals surface area contributed by atoms with E-state index in [-0.39, 0.29) is 0 Å². The standard InChI is InChI=1S/C12H25NOS/c1-15-10-6-5-9-13-11-12(14)7-3-2-4-8-12/h13-14H,2-11H2,1H3. The van der Waals surface area contributed by atoms with Gasteiger partial charge in [-0.1, -0.05) is 19.3 Å². The van der Waals surface area contributed by atoms with Crippen LogP contribution in [0.2, 0.25) is 0 Å². The first-order valence-corrected chi connectivity index (χ1v) is 7.58. The Bertz CT molecular complexity index is 158. The van der Waals surface area contributed by atoms with Crippen molar-refractivity contribution in [2.45, 2.75) is 50.5 Å². The summed E-state index contributed by atoms with van der Waals surface area (Å²) in [5.41, 5.74) is -0.391. The van der Waals surface area contributed by atoms with E-state index in [1.165, 1.54) is 37.9 Å². The van der Waals surface area contributed by atoms with Crippen LogP contribution in [-0.4, -0.2) is 35.8 Å². The molecule has 1 rings (SSSR count). The molecule has 15 heavy (non-hydrogen) atoms. The molecule has 1 aliphatic carbocycles. The Kier molecular flexibility index (Phi) is 6.69. The number of aliphatic hydroxyl groups is 1. The van der Waals surface area contributed by atoms with Crippen molar-refractivity contribution >= 4 is 11.8 Å². The summed E-state index contributed by atoms with van der Waals surface area (Å²) in [5, 5.41) is 13.6. The Morgan fingerprint density at radius 1 is 1.20 bits per heavy atom. The van der Waals surface area contributed by atoms with Gasteiger partial charge in [-0.3, -0.25) is 0 Å². The number of hydrogen-bond acceptors (Lipinski definition) is 3. The van der Waals surface area contributed by atoms with Crippen LogP contribution in [0.4, 0.5) is 0 Å². The molecule has 0 aromatic heterocycles. The van der Waals surface area contributed by atoms with Crippen molar-refractivity contribution in [3.05, 3.63) is 0 Å².